The Morgan fingerprint density at radius 3 is 2.21 bits per heavy atom. The molecule has 128 valence electrons. The first-order chi connectivity index (χ1) is 11.0. The van der Waals surface area contributed by atoms with Crippen molar-refractivity contribution in [2.75, 3.05) is 5.43 Å². The number of carbonyl (C=O) groups is 1. The summed E-state index contributed by atoms with van der Waals surface area (Å²) in [6, 6.07) is 5.65. The van der Waals surface area contributed by atoms with E-state index in [2.05, 4.69) is 5.43 Å². The number of hydrogen-bond acceptors (Lipinski definition) is 4. The highest BCUT2D eigenvalue weighted by atomic mass is 35.5. The number of sulfonamides is 1. The van der Waals surface area contributed by atoms with Gasteiger partial charge in [0.25, 0.3) is 0 Å². The zero-order valence-electron chi connectivity index (χ0n) is 13.3. The van der Waals surface area contributed by atoms with Crippen molar-refractivity contribution in [2.45, 2.75) is 25.7 Å². The fourth-order valence-corrected chi connectivity index (χ4v) is 3.48. The maximum atomic E-state index is 12.4. The summed E-state index contributed by atoms with van der Waals surface area (Å²) in [6.45, 7) is 5.53. The van der Waals surface area contributed by atoms with E-state index >= 15 is 0 Å². The van der Waals surface area contributed by atoms with Crippen molar-refractivity contribution in [3.05, 3.63) is 51.8 Å². The van der Waals surface area contributed by atoms with Gasteiger partial charge in [-0.15, -0.1) is 5.43 Å². The number of hydrogen-bond donors (Lipinski definition) is 3. The fraction of sp³-hybridized carbons (Fsp3) is 0.200. The lowest BCUT2D eigenvalue weighted by molar-refractivity contribution is -0.654. The third-order valence-corrected chi connectivity index (χ3v) is 4.77. The van der Waals surface area contributed by atoms with Crippen molar-refractivity contribution in [2.24, 2.45) is 5.14 Å². The molecule has 0 spiro atoms. The molecule has 0 fully saturated rings. The van der Waals surface area contributed by atoms with Crippen LogP contribution in [0.4, 0.5) is 0 Å². The van der Waals surface area contributed by atoms with Gasteiger partial charge in [-0.2, -0.15) is 0 Å². The number of phenols is 1. The molecule has 0 unspecified atom stereocenters. The summed E-state index contributed by atoms with van der Waals surface area (Å²) < 4.78 is 24.6. The second kappa shape index (κ2) is 6.39. The molecule has 0 radical (unpaired) electrons. The largest absolute Gasteiger partial charge is 0.507 e. The molecule has 0 atom stereocenters. The van der Waals surface area contributed by atoms with Gasteiger partial charge < -0.3 is 5.11 Å². The van der Waals surface area contributed by atoms with Gasteiger partial charge in [0, 0.05) is 32.0 Å². The number of phenolic OH excluding ortho intramolecular Hbond substituents is 1. The third kappa shape index (κ3) is 3.66. The number of nitrogens with zero attached hydrogens (tertiary/aromatic N) is 1. The normalized spacial score (nSPS) is 11.4. The number of aromatic nitrogens is 1. The fourth-order valence-electron chi connectivity index (χ4n) is 2.39. The van der Waals surface area contributed by atoms with Gasteiger partial charge in [-0.1, -0.05) is 16.3 Å². The Hall–Kier alpha value is -2.16. The summed E-state index contributed by atoms with van der Waals surface area (Å²) in [6.07, 6.45) is 0. The number of nitrogens with two attached hydrogens (primary N) is 1. The van der Waals surface area contributed by atoms with Gasteiger partial charge in [-0.05, 0) is 18.6 Å². The standard InChI is InChI=1S/C15H16ClN3O4S/c1-8-4-9(2)19(10(3)5-8)18-15(21)11-6-14(24(17,22)23)12(16)7-13(11)20/h4-7H,1-3H3,(H3-,17,18,20,21,22,23)/p+1. The van der Waals surface area contributed by atoms with Crippen LogP contribution in [0.2, 0.25) is 5.02 Å². The minimum absolute atomic E-state index is 0.254. The molecule has 4 N–H and O–H groups in total. The van der Waals surface area contributed by atoms with Gasteiger partial charge in [-0.25, -0.2) is 13.6 Å². The Labute approximate surface area is 144 Å². The molecular weight excluding hydrogens is 354 g/mol. The van der Waals surface area contributed by atoms with Crippen molar-refractivity contribution in [3.63, 3.8) is 0 Å². The number of primary sulfonamides is 1. The number of amides is 1. The molecule has 0 saturated carbocycles. The summed E-state index contributed by atoms with van der Waals surface area (Å²) in [7, 11) is -4.13. The van der Waals surface area contributed by atoms with Crippen molar-refractivity contribution in [1.82, 2.24) is 0 Å². The monoisotopic (exact) mass is 370 g/mol. The lowest BCUT2D eigenvalue weighted by Crippen LogP contribution is -2.53. The molecule has 24 heavy (non-hydrogen) atoms. The second-order valence-corrected chi connectivity index (χ2v) is 7.37. The molecule has 1 aromatic heterocycles. The highest BCUT2D eigenvalue weighted by Crippen LogP contribution is 2.28. The van der Waals surface area contributed by atoms with Crippen molar-refractivity contribution >= 4 is 27.5 Å². The molecule has 0 saturated heterocycles. The second-order valence-electron chi connectivity index (χ2n) is 5.44. The maximum Gasteiger partial charge on any atom is 0.309 e. The molecule has 0 aliphatic carbocycles. The average Bonchev–Trinajstić information content (AvgIpc) is 2.41. The van der Waals surface area contributed by atoms with E-state index in [0.29, 0.717) is 0 Å². The van der Waals surface area contributed by atoms with Gasteiger partial charge in [0.2, 0.25) is 21.4 Å². The highest BCUT2D eigenvalue weighted by Gasteiger charge is 2.23. The van der Waals surface area contributed by atoms with E-state index in [1.54, 1.807) is 13.8 Å². The Morgan fingerprint density at radius 1 is 1.17 bits per heavy atom. The molecule has 1 aromatic carbocycles. The van der Waals surface area contributed by atoms with E-state index in [1.807, 2.05) is 19.1 Å². The number of rotatable bonds is 3. The van der Waals surface area contributed by atoms with Crippen LogP contribution in [-0.2, 0) is 10.0 Å². The van der Waals surface area contributed by atoms with Crippen LogP contribution in [-0.4, -0.2) is 19.4 Å². The van der Waals surface area contributed by atoms with E-state index < -0.39 is 26.6 Å². The van der Waals surface area contributed by atoms with Gasteiger partial charge >= 0.3 is 5.91 Å². The maximum absolute atomic E-state index is 12.4. The van der Waals surface area contributed by atoms with E-state index in [-0.39, 0.29) is 10.6 Å². The lowest BCUT2D eigenvalue weighted by Gasteiger charge is -2.09. The zero-order valence-corrected chi connectivity index (χ0v) is 14.9. The van der Waals surface area contributed by atoms with Crippen LogP contribution in [0, 0.1) is 20.8 Å². The number of pyridine rings is 1. The summed E-state index contributed by atoms with van der Waals surface area (Å²) in [5, 5.41) is 14.7. The Morgan fingerprint density at radius 2 is 1.71 bits per heavy atom. The third-order valence-electron chi connectivity index (χ3n) is 3.39. The molecule has 0 aliphatic rings. The molecule has 7 nitrogen and oxygen atoms in total. The van der Waals surface area contributed by atoms with Crippen LogP contribution < -0.4 is 15.2 Å². The first-order valence-electron chi connectivity index (χ1n) is 6.87. The average molecular weight is 371 g/mol. The van der Waals surface area contributed by atoms with Crippen molar-refractivity contribution in [1.29, 1.82) is 0 Å². The Bertz CT molecular complexity index is 919. The predicted molar refractivity (Wildman–Crippen MR) is 89.0 cm³/mol. The predicted octanol–water partition coefficient (Wildman–Crippen LogP) is 1.29. The number of benzene rings is 1. The molecular formula is C15H17ClN3O4S+. The zero-order chi connectivity index (χ0) is 18.2. The van der Waals surface area contributed by atoms with Crippen molar-refractivity contribution < 1.29 is 23.0 Å². The first kappa shape index (κ1) is 18.2. The summed E-state index contributed by atoms with van der Waals surface area (Å²) in [4.78, 5) is 12.0. The van der Waals surface area contributed by atoms with Gasteiger partial charge in [0.05, 0.1) is 10.6 Å². The van der Waals surface area contributed by atoms with Crippen LogP contribution in [0.5, 0.6) is 5.75 Å². The molecule has 1 heterocycles. The van der Waals surface area contributed by atoms with E-state index in [9.17, 15) is 18.3 Å². The van der Waals surface area contributed by atoms with Crippen LogP contribution >= 0.6 is 11.6 Å². The number of aromatic hydroxyl groups is 1. The molecule has 0 aliphatic heterocycles. The molecule has 1 amide bonds. The highest BCUT2D eigenvalue weighted by molar-refractivity contribution is 7.89. The van der Waals surface area contributed by atoms with Crippen LogP contribution in [0.25, 0.3) is 0 Å². The van der Waals surface area contributed by atoms with E-state index in [4.69, 9.17) is 16.7 Å². The van der Waals surface area contributed by atoms with Crippen LogP contribution in [0.1, 0.15) is 27.3 Å². The number of halogens is 1. The summed E-state index contributed by atoms with van der Waals surface area (Å²) >= 11 is 5.76. The number of nitrogens with one attached hydrogen (secondary N) is 1. The first-order valence-corrected chi connectivity index (χ1v) is 8.79. The van der Waals surface area contributed by atoms with Gasteiger partial charge in [-0.3, -0.25) is 4.79 Å². The molecule has 2 aromatic rings. The topological polar surface area (TPSA) is 113 Å². The van der Waals surface area contributed by atoms with Gasteiger partial charge in [0.15, 0.2) is 0 Å². The summed E-state index contributed by atoms with van der Waals surface area (Å²) in [5.41, 5.74) is 4.90. The van der Waals surface area contributed by atoms with Crippen molar-refractivity contribution in [3.8, 4) is 5.75 Å². The van der Waals surface area contributed by atoms with E-state index in [1.165, 1.54) is 4.68 Å². The smallest absolute Gasteiger partial charge is 0.309 e. The number of aryl methyl sites for hydroxylation is 3. The molecule has 0 bridgehead atoms. The molecule has 9 heteroatoms. The summed E-state index contributed by atoms with van der Waals surface area (Å²) in [5.74, 6) is -1.15. The quantitative estimate of drug-likeness (QED) is 0.706. The Kier molecular flexibility index (Phi) is 4.84. The molecule has 2 rings (SSSR count). The minimum atomic E-state index is -4.13. The Balaban J connectivity index is 2.48. The SMILES string of the molecule is Cc1cc(C)[n+](NC(=O)c2cc(S(N)(=O)=O)c(Cl)cc2O)c(C)c1. The lowest BCUT2D eigenvalue weighted by atomic mass is 10.2. The number of carbonyl (C=O) groups excluding carboxylic acids is 1. The van der Waals surface area contributed by atoms with Gasteiger partial charge in [0.1, 0.15) is 10.6 Å². The van der Waals surface area contributed by atoms with E-state index in [0.717, 1.165) is 29.1 Å². The minimum Gasteiger partial charge on any atom is -0.507 e. The van der Waals surface area contributed by atoms with Crippen LogP contribution in [0.3, 0.4) is 0 Å². The van der Waals surface area contributed by atoms with Crippen LogP contribution in [0.15, 0.2) is 29.2 Å².